The number of nitrogens with one attached hydrogen (secondary N) is 1. The molecule has 0 spiro atoms. The molecule has 0 aliphatic carbocycles. The molecule has 1 N–H and O–H groups in total. The summed E-state index contributed by atoms with van der Waals surface area (Å²) >= 11 is 13.9. The Bertz CT molecular complexity index is 1660. The lowest BCUT2D eigenvalue weighted by atomic mass is 10.1. The van der Waals surface area contributed by atoms with E-state index in [9.17, 15) is 4.79 Å². The molecule has 5 rings (SSSR count). The van der Waals surface area contributed by atoms with Gasteiger partial charge in [0.2, 0.25) is 5.91 Å². The van der Waals surface area contributed by atoms with Crippen LogP contribution in [0, 0.1) is 13.8 Å². The van der Waals surface area contributed by atoms with Gasteiger partial charge in [0, 0.05) is 45.0 Å². The van der Waals surface area contributed by atoms with E-state index in [0.717, 1.165) is 61.9 Å². The van der Waals surface area contributed by atoms with Crippen LogP contribution in [0.1, 0.15) is 35.1 Å². The molecule has 0 atom stereocenters. The van der Waals surface area contributed by atoms with Crippen molar-refractivity contribution < 1.29 is 14.3 Å². The zero-order valence-electron chi connectivity index (χ0n) is 24.2. The van der Waals surface area contributed by atoms with E-state index in [1.54, 1.807) is 0 Å². The number of benzene rings is 4. The fraction of sp³-hybridized carbons (Fsp3) is 0.229. The van der Waals surface area contributed by atoms with Crippen LogP contribution in [-0.2, 0) is 24.4 Å². The highest BCUT2D eigenvalue weighted by molar-refractivity contribution is 7.98. The average molecular weight is 634 g/mol. The van der Waals surface area contributed by atoms with E-state index in [-0.39, 0.29) is 5.91 Å². The Balaban J connectivity index is 1.11. The van der Waals surface area contributed by atoms with E-state index in [1.165, 1.54) is 17.5 Å². The number of fused-ring (bicyclic) bond motifs is 1. The number of halogens is 2. The molecular formula is C35H34Cl2N2O3S. The van der Waals surface area contributed by atoms with Crippen LogP contribution in [0.15, 0.2) is 96.0 Å². The SMILES string of the molecule is Cc1cc(OCCCc2cn(CCC(=O)NSc3ccc(OCc4ccccc4)cc3)c3cc(Cl)ccc23)cc(C)c1Cl. The van der Waals surface area contributed by atoms with Crippen LogP contribution < -0.4 is 14.2 Å². The predicted molar refractivity (Wildman–Crippen MR) is 178 cm³/mol. The van der Waals surface area contributed by atoms with Crippen LogP contribution >= 0.6 is 35.1 Å². The van der Waals surface area contributed by atoms with Crippen molar-refractivity contribution in [3.63, 3.8) is 0 Å². The molecule has 1 aromatic heterocycles. The predicted octanol–water partition coefficient (Wildman–Crippen LogP) is 9.37. The van der Waals surface area contributed by atoms with Gasteiger partial charge in [-0.3, -0.25) is 9.52 Å². The van der Waals surface area contributed by atoms with Crippen molar-refractivity contribution in [2.24, 2.45) is 0 Å². The molecule has 222 valence electrons. The first-order valence-corrected chi connectivity index (χ1v) is 15.8. The summed E-state index contributed by atoms with van der Waals surface area (Å²) in [5.74, 6) is 1.59. The van der Waals surface area contributed by atoms with Gasteiger partial charge < -0.3 is 14.0 Å². The molecule has 0 fully saturated rings. The van der Waals surface area contributed by atoms with Crippen molar-refractivity contribution in [2.75, 3.05) is 6.61 Å². The van der Waals surface area contributed by atoms with E-state index in [0.29, 0.717) is 31.2 Å². The Hall–Kier alpha value is -3.58. The van der Waals surface area contributed by atoms with Crippen molar-refractivity contribution in [1.29, 1.82) is 0 Å². The lowest BCUT2D eigenvalue weighted by molar-refractivity contribution is -0.119. The van der Waals surface area contributed by atoms with Crippen LogP contribution in [0.4, 0.5) is 0 Å². The number of ether oxygens (including phenoxy) is 2. The quantitative estimate of drug-likeness (QED) is 0.104. The van der Waals surface area contributed by atoms with Gasteiger partial charge in [0.25, 0.3) is 0 Å². The fourth-order valence-electron chi connectivity index (χ4n) is 4.90. The van der Waals surface area contributed by atoms with E-state index in [4.69, 9.17) is 32.7 Å². The Morgan fingerprint density at radius 1 is 0.884 bits per heavy atom. The van der Waals surface area contributed by atoms with Gasteiger partial charge >= 0.3 is 0 Å². The second kappa shape index (κ2) is 14.7. The molecule has 43 heavy (non-hydrogen) atoms. The average Bonchev–Trinajstić information content (AvgIpc) is 3.36. The minimum absolute atomic E-state index is 0.0400. The maximum Gasteiger partial charge on any atom is 0.231 e. The van der Waals surface area contributed by atoms with Gasteiger partial charge in [0.15, 0.2) is 0 Å². The number of rotatable bonds is 13. The molecule has 5 aromatic rings. The fourth-order valence-corrected chi connectivity index (χ4v) is 5.78. The van der Waals surface area contributed by atoms with E-state index < -0.39 is 0 Å². The number of nitrogens with zero attached hydrogens (tertiary/aromatic N) is 1. The summed E-state index contributed by atoms with van der Waals surface area (Å²) in [5, 5.41) is 2.60. The van der Waals surface area contributed by atoms with Gasteiger partial charge in [-0.25, -0.2) is 0 Å². The van der Waals surface area contributed by atoms with Gasteiger partial charge in [-0.1, -0.05) is 59.6 Å². The third-order valence-electron chi connectivity index (χ3n) is 7.13. The molecule has 0 saturated heterocycles. The van der Waals surface area contributed by atoms with Crippen molar-refractivity contribution in [3.05, 3.63) is 123 Å². The summed E-state index contributed by atoms with van der Waals surface area (Å²) in [5.41, 5.74) is 5.38. The van der Waals surface area contributed by atoms with Crippen LogP contribution in [0.2, 0.25) is 10.0 Å². The minimum Gasteiger partial charge on any atom is -0.494 e. The van der Waals surface area contributed by atoms with Crippen LogP contribution in [0.3, 0.4) is 0 Å². The van der Waals surface area contributed by atoms with Gasteiger partial charge in [-0.2, -0.15) is 0 Å². The molecule has 4 aromatic carbocycles. The summed E-state index contributed by atoms with van der Waals surface area (Å²) in [6, 6.07) is 27.6. The number of amides is 1. The maximum absolute atomic E-state index is 12.7. The first-order valence-electron chi connectivity index (χ1n) is 14.2. The maximum atomic E-state index is 12.7. The standard InChI is InChI=1S/C35H34Cl2N2O3S/c1-24-19-30(20-25(2)35(24)37)41-18-6-9-27-22-39(33-21-28(36)10-15-32(27)33)17-16-34(40)38-43-31-13-11-29(12-14-31)42-23-26-7-4-3-5-8-26/h3-5,7-8,10-15,19-22H,6,9,16-18,23H2,1-2H3,(H,38,40). The zero-order valence-corrected chi connectivity index (χ0v) is 26.6. The van der Waals surface area contributed by atoms with E-state index >= 15 is 0 Å². The van der Waals surface area contributed by atoms with E-state index in [2.05, 4.69) is 21.6 Å². The number of carbonyl (C=O) groups excluding carboxylic acids is 1. The van der Waals surface area contributed by atoms with Crippen LogP contribution in [0.25, 0.3) is 10.9 Å². The molecule has 0 aliphatic heterocycles. The van der Waals surface area contributed by atoms with E-state index in [1.807, 2.05) is 92.7 Å². The van der Waals surface area contributed by atoms with Gasteiger partial charge in [0.05, 0.1) is 6.61 Å². The third kappa shape index (κ3) is 8.50. The first kappa shape index (κ1) is 30.9. The number of aryl methyl sites for hydroxylation is 4. The second-order valence-electron chi connectivity index (χ2n) is 10.5. The summed E-state index contributed by atoms with van der Waals surface area (Å²) in [7, 11) is 0. The molecule has 5 nitrogen and oxygen atoms in total. The normalized spacial score (nSPS) is 11.1. The molecule has 8 heteroatoms. The van der Waals surface area contributed by atoms with Gasteiger partial charge in [0.1, 0.15) is 18.1 Å². The smallest absolute Gasteiger partial charge is 0.231 e. The molecule has 0 bridgehead atoms. The lowest BCUT2D eigenvalue weighted by Crippen LogP contribution is -2.17. The molecule has 0 radical (unpaired) electrons. The minimum atomic E-state index is -0.0400. The van der Waals surface area contributed by atoms with Crippen LogP contribution in [-0.4, -0.2) is 17.1 Å². The monoisotopic (exact) mass is 632 g/mol. The molecule has 1 amide bonds. The summed E-state index contributed by atoms with van der Waals surface area (Å²) in [6.45, 7) is 5.64. The number of hydrogen-bond acceptors (Lipinski definition) is 4. The largest absolute Gasteiger partial charge is 0.494 e. The Kier molecular flexibility index (Phi) is 10.6. The first-order chi connectivity index (χ1) is 20.9. The lowest BCUT2D eigenvalue weighted by Gasteiger charge is -2.10. The summed E-state index contributed by atoms with van der Waals surface area (Å²) in [4.78, 5) is 13.7. The van der Waals surface area contributed by atoms with Crippen LogP contribution in [0.5, 0.6) is 11.5 Å². The zero-order chi connectivity index (χ0) is 30.2. The Labute approximate surface area is 267 Å². The highest BCUT2D eigenvalue weighted by atomic mass is 35.5. The highest BCUT2D eigenvalue weighted by Crippen LogP contribution is 2.28. The molecule has 0 aliphatic rings. The topological polar surface area (TPSA) is 52.5 Å². The van der Waals surface area contributed by atoms with Gasteiger partial charge in [-0.15, -0.1) is 0 Å². The van der Waals surface area contributed by atoms with Crippen molar-refractivity contribution in [3.8, 4) is 11.5 Å². The van der Waals surface area contributed by atoms with Crippen molar-refractivity contribution in [2.45, 2.75) is 51.2 Å². The van der Waals surface area contributed by atoms with Crippen molar-refractivity contribution in [1.82, 2.24) is 9.29 Å². The molecule has 0 saturated carbocycles. The second-order valence-corrected chi connectivity index (χ2v) is 12.1. The number of hydrogen-bond donors (Lipinski definition) is 1. The number of aromatic nitrogens is 1. The third-order valence-corrected chi connectivity index (χ3v) is 8.80. The Morgan fingerprint density at radius 3 is 2.37 bits per heavy atom. The Morgan fingerprint density at radius 2 is 1.63 bits per heavy atom. The van der Waals surface area contributed by atoms with Gasteiger partial charge in [-0.05, 0) is 109 Å². The highest BCUT2D eigenvalue weighted by Gasteiger charge is 2.12. The molecular weight excluding hydrogens is 599 g/mol. The number of carbonyl (C=O) groups is 1. The van der Waals surface area contributed by atoms with Crippen molar-refractivity contribution >= 4 is 52.0 Å². The molecule has 1 heterocycles. The molecule has 0 unspecified atom stereocenters. The summed E-state index contributed by atoms with van der Waals surface area (Å²) in [6.07, 6.45) is 4.19. The summed E-state index contributed by atoms with van der Waals surface area (Å²) < 4.78 is 16.9.